The minimum Gasteiger partial charge on any atom is -0.480 e. The van der Waals surface area contributed by atoms with Gasteiger partial charge in [0.25, 0.3) is 0 Å². The normalized spacial score (nSPS) is 20.8. The maximum absolute atomic E-state index is 12.2. The van der Waals surface area contributed by atoms with Crippen molar-refractivity contribution >= 4 is 17.8 Å². The Hall–Kier alpha value is -1.59. The van der Waals surface area contributed by atoms with E-state index in [1.807, 2.05) is 13.8 Å². The van der Waals surface area contributed by atoms with Gasteiger partial charge in [0.05, 0.1) is 5.92 Å². The van der Waals surface area contributed by atoms with Crippen molar-refractivity contribution in [3.63, 3.8) is 0 Å². The third-order valence-electron chi connectivity index (χ3n) is 3.57. The van der Waals surface area contributed by atoms with Crippen LogP contribution in [0.4, 0.5) is 0 Å². The van der Waals surface area contributed by atoms with Crippen LogP contribution in [0, 0.1) is 17.3 Å². The lowest BCUT2D eigenvalue weighted by atomic mass is 9.86. The summed E-state index contributed by atoms with van der Waals surface area (Å²) in [4.78, 5) is 37.1. The molecular formula is C15H26N2O4. The Kier molecular flexibility index (Phi) is 5.36. The zero-order valence-electron chi connectivity index (χ0n) is 13.5. The molecular weight excluding hydrogens is 272 g/mol. The minimum atomic E-state index is -1.06. The van der Waals surface area contributed by atoms with Crippen molar-refractivity contribution in [2.24, 2.45) is 17.3 Å². The highest BCUT2D eigenvalue weighted by atomic mass is 16.4. The van der Waals surface area contributed by atoms with Crippen molar-refractivity contribution in [2.75, 3.05) is 13.1 Å². The van der Waals surface area contributed by atoms with Gasteiger partial charge in [-0.1, -0.05) is 34.6 Å². The monoisotopic (exact) mass is 298 g/mol. The summed E-state index contributed by atoms with van der Waals surface area (Å²) in [6.45, 7) is 10.3. The van der Waals surface area contributed by atoms with E-state index in [9.17, 15) is 19.5 Å². The summed E-state index contributed by atoms with van der Waals surface area (Å²) >= 11 is 0. The summed E-state index contributed by atoms with van der Waals surface area (Å²) in [6.07, 6.45) is 0.162. The fourth-order valence-corrected chi connectivity index (χ4v) is 2.47. The number of carbonyl (C=O) groups is 3. The van der Waals surface area contributed by atoms with E-state index in [0.29, 0.717) is 19.0 Å². The Balaban J connectivity index is 2.68. The number of carboxylic acid groups (broad SMARTS) is 1. The molecule has 1 heterocycles. The zero-order valence-corrected chi connectivity index (χ0v) is 13.5. The molecule has 2 atom stereocenters. The van der Waals surface area contributed by atoms with Crippen LogP contribution in [0.1, 0.15) is 41.0 Å². The van der Waals surface area contributed by atoms with Crippen LogP contribution >= 0.6 is 0 Å². The summed E-state index contributed by atoms with van der Waals surface area (Å²) in [7, 11) is 0. The van der Waals surface area contributed by atoms with E-state index in [4.69, 9.17) is 0 Å². The van der Waals surface area contributed by atoms with Crippen LogP contribution in [0.2, 0.25) is 0 Å². The molecule has 1 saturated heterocycles. The number of hydrogen-bond donors (Lipinski definition) is 2. The number of carbonyl (C=O) groups excluding carboxylic acids is 2. The Bertz CT molecular complexity index is 426. The van der Waals surface area contributed by atoms with Crippen molar-refractivity contribution in [2.45, 2.75) is 47.1 Å². The molecule has 21 heavy (non-hydrogen) atoms. The van der Waals surface area contributed by atoms with E-state index in [0.717, 1.165) is 0 Å². The van der Waals surface area contributed by atoms with Gasteiger partial charge in [-0.3, -0.25) is 9.59 Å². The molecule has 0 bridgehead atoms. The average molecular weight is 298 g/mol. The standard InChI is InChI=1S/C15H26N2O4/c1-9(2)7-17-8-10(6-11(17)18)13(19)16-12(14(20)21)15(3,4)5/h9-10,12H,6-8H2,1-5H3,(H,16,19)(H,20,21)/t10?,12-/m1/s1. The molecule has 1 aliphatic heterocycles. The summed E-state index contributed by atoms with van der Waals surface area (Å²) in [5, 5.41) is 11.8. The predicted octanol–water partition coefficient (Wildman–Crippen LogP) is 1.11. The number of hydrogen-bond acceptors (Lipinski definition) is 3. The lowest BCUT2D eigenvalue weighted by Crippen LogP contribution is -2.51. The summed E-state index contributed by atoms with van der Waals surface area (Å²) in [6, 6.07) is -0.959. The number of amides is 2. The Morgan fingerprint density at radius 2 is 1.95 bits per heavy atom. The van der Waals surface area contributed by atoms with Crippen molar-refractivity contribution in [1.82, 2.24) is 10.2 Å². The van der Waals surface area contributed by atoms with Crippen molar-refractivity contribution in [3.8, 4) is 0 Å². The van der Waals surface area contributed by atoms with Crippen molar-refractivity contribution in [3.05, 3.63) is 0 Å². The largest absolute Gasteiger partial charge is 0.480 e. The molecule has 0 aromatic carbocycles. The van der Waals surface area contributed by atoms with E-state index in [-0.39, 0.29) is 18.2 Å². The number of rotatable bonds is 5. The van der Waals surface area contributed by atoms with Gasteiger partial charge in [0.2, 0.25) is 11.8 Å². The van der Waals surface area contributed by atoms with Crippen LogP contribution in [-0.2, 0) is 14.4 Å². The summed E-state index contributed by atoms with van der Waals surface area (Å²) < 4.78 is 0. The number of nitrogens with one attached hydrogen (secondary N) is 1. The van der Waals surface area contributed by atoms with Crippen LogP contribution in [0.25, 0.3) is 0 Å². The molecule has 0 radical (unpaired) electrons. The molecule has 6 heteroatoms. The van der Waals surface area contributed by atoms with Crippen molar-refractivity contribution in [1.29, 1.82) is 0 Å². The van der Waals surface area contributed by atoms with Gasteiger partial charge in [0.1, 0.15) is 6.04 Å². The number of likely N-dealkylation sites (tertiary alicyclic amines) is 1. The molecule has 6 nitrogen and oxygen atoms in total. The molecule has 0 aromatic rings. The molecule has 1 fully saturated rings. The highest BCUT2D eigenvalue weighted by Crippen LogP contribution is 2.23. The maximum Gasteiger partial charge on any atom is 0.326 e. The van der Waals surface area contributed by atoms with E-state index in [1.54, 1.807) is 25.7 Å². The SMILES string of the molecule is CC(C)CN1CC(C(=O)N[C@H](C(=O)O)C(C)(C)C)CC1=O. The van der Waals surface area contributed by atoms with Gasteiger partial charge in [-0.25, -0.2) is 4.79 Å². The highest BCUT2D eigenvalue weighted by molar-refractivity contribution is 5.91. The molecule has 2 amide bonds. The highest BCUT2D eigenvalue weighted by Gasteiger charge is 2.38. The number of carboxylic acids is 1. The van der Waals surface area contributed by atoms with Crippen LogP contribution in [0.15, 0.2) is 0 Å². The molecule has 2 N–H and O–H groups in total. The van der Waals surface area contributed by atoms with E-state index in [1.165, 1.54) is 0 Å². The van der Waals surface area contributed by atoms with Gasteiger partial charge in [-0.15, -0.1) is 0 Å². The average Bonchev–Trinajstić information content (AvgIpc) is 2.64. The van der Waals surface area contributed by atoms with Gasteiger partial charge in [-0.2, -0.15) is 0 Å². The van der Waals surface area contributed by atoms with Crippen molar-refractivity contribution < 1.29 is 19.5 Å². The first-order chi connectivity index (χ1) is 9.52. The van der Waals surface area contributed by atoms with Gasteiger partial charge in [-0.05, 0) is 11.3 Å². The lowest BCUT2D eigenvalue weighted by Gasteiger charge is -2.28. The Morgan fingerprint density at radius 1 is 1.38 bits per heavy atom. The molecule has 0 saturated carbocycles. The molecule has 1 rings (SSSR count). The Labute approximate surface area is 125 Å². The van der Waals surface area contributed by atoms with Gasteiger partial charge in [0.15, 0.2) is 0 Å². The second-order valence-electron chi connectivity index (χ2n) is 7.24. The van der Waals surface area contributed by atoms with Crippen LogP contribution in [0.3, 0.4) is 0 Å². The molecule has 1 aliphatic rings. The van der Waals surface area contributed by atoms with Gasteiger partial charge < -0.3 is 15.3 Å². The molecule has 0 aliphatic carbocycles. The smallest absolute Gasteiger partial charge is 0.326 e. The summed E-state index contributed by atoms with van der Waals surface area (Å²) in [5.74, 6) is -1.56. The van der Waals surface area contributed by atoms with Crippen LogP contribution in [0.5, 0.6) is 0 Å². The Morgan fingerprint density at radius 3 is 2.38 bits per heavy atom. The first-order valence-electron chi connectivity index (χ1n) is 7.33. The zero-order chi connectivity index (χ0) is 16.4. The van der Waals surface area contributed by atoms with E-state index >= 15 is 0 Å². The number of aliphatic carboxylic acids is 1. The van der Waals surface area contributed by atoms with E-state index < -0.39 is 23.3 Å². The second kappa shape index (κ2) is 6.45. The van der Waals surface area contributed by atoms with E-state index in [2.05, 4.69) is 5.32 Å². The third kappa shape index (κ3) is 4.72. The molecule has 120 valence electrons. The fraction of sp³-hybridized carbons (Fsp3) is 0.800. The maximum atomic E-state index is 12.2. The third-order valence-corrected chi connectivity index (χ3v) is 3.57. The number of nitrogens with zero attached hydrogens (tertiary/aromatic N) is 1. The van der Waals surface area contributed by atoms with Gasteiger partial charge in [0, 0.05) is 19.5 Å². The van der Waals surface area contributed by atoms with Crippen LogP contribution in [-0.4, -0.2) is 46.9 Å². The lowest BCUT2D eigenvalue weighted by molar-refractivity contribution is -0.145. The molecule has 1 unspecified atom stereocenters. The first-order valence-corrected chi connectivity index (χ1v) is 7.33. The second-order valence-corrected chi connectivity index (χ2v) is 7.24. The van der Waals surface area contributed by atoms with Crippen LogP contribution < -0.4 is 5.32 Å². The summed E-state index contributed by atoms with van der Waals surface area (Å²) in [5.41, 5.74) is -0.582. The molecule has 0 spiro atoms. The minimum absolute atomic E-state index is 0.0357. The quantitative estimate of drug-likeness (QED) is 0.796. The predicted molar refractivity (Wildman–Crippen MR) is 78.5 cm³/mol. The fourth-order valence-electron chi connectivity index (χ4n) is 2.47. The first kappa shape index (κ1) is 17.5. The topological polar surface area (TPSA) is 86.7 Å². The van der Waals surface area contributed by atoms with Gasteiger partial charge >= 0.3 is 5.97 Å². The molecule has 0 aromatic heterocycles.